The van der Waals surface area contributed by atoms with Crippen molar-refractivity contribution in [2.75, 3.05) is 34.5 Å². The van der Waals surface area contributed by atoms with E-state index < -0.39 is 0 Å². The van der Waals surface area contributed by atoms with Gasteiger partial charge in [0.2, 0.25) is 4.80 Å². The Hall–Kier alpha value is -3.52. The van der Waals surface area contributed by atoms with Crippen molar-refractivity contribution >= 4 is 17.6 Å². The van der Waals surface area contributed by atoms with E-state index in [1.165, 1.54) is 11.3 Å². The lowest BCUT2D eigenvalue weighted by Crippen LogP contribution is -2.13. The van der Waals surface area contributed by atoms with E-state index in [4.69, 9.17) is 24.0 Å². The molecule has 0 fully saturated rings. The molecule has 0 spiro atoms. The molecule has 0 atom stereocenters. The maximum absolute atomic E-state index is 5.91. The lowest BCUT2D eigenvalue weighted by atomic mass is 10.1. The molecule has 186 valence electrons. The van der Waals surface area contributed by atoms with Crippen LogP contribution in [-0.4, -0.2) is 45.4 Å². The highest BCUT2D eigenvalue weighted by molar-refractivity contribution is 7.07. The van der Waals surface area contributed by atoms with Crippen molar-refractivity contribution < 1.29 is 18.9 Å². The quantitative estimate of drug-likeness (QED) is 0.241. The molecule has 8 heteroatoms. The van der Waals surface area contributed by atoms with Crippen molar-refractivity contribution in [3.63, 3.8) is 0 Å². The van der Waals surface area contributed by atoms with Gasteiger partial charge in [-0.15, -0.1) is 17.9 Å². The number of methoxy groups -OCH3 is 3. The smallest absolute Gasteiger partial charge is 0.206 e. The first kappa shape index (κ1) is 26.1. The van der Waals surface area contributed by atoms with Gasteiger partial charge in [0, 0.05) is 10.9 Å². The first-order chi connectivity index (χ1) is 17.0. The third kappa shape index (κ3) is 6.76. The Morgan fingerprint density at radius 1 is 1.00 bits per heavy atom. The molecule has 7 nitrogen and oxygen atoms in total. The maximum atomic E-state index is 5.91. The van der Waals surface area contributed by atoms with Gasteiger partial charge < -0.3 is 18.9 Å². The highest BCUT2D eigenvalue weighted by atomic mass is 32.1. The van der Waals surface area contributed by atoms with Crippen LogP contribution < -0.4 is 23.7 Å². The zero-order valence-corrected chi connectivity index (χ0v) is 21.8. The number of hydrogen-bond acceptors (Lipinski definition) is 7. The molecule has 0 N–H and O–H groups in total. The largest absolute Gasteiger partial charge is 0.497 e. The second-order valence-corrected chi connectivity index (χ2v) is 8.93. The highest BCUT2D eigenvalue weighted by Gasteiger charge is 2.14. The number of aromatic nitrogens is 1. The summed E-state index contributed by atoms with van der Waals surface area (Å²) in [4.78, 5) is 5.35. The van der Waals surface area contributed by atoms with E-state index in [0.717, 1.165) is 39.5 Å². The summed E-state index contributed by atoms with van der Waals surface area (Å²) < 4.78 is 24.3. The fraction of sp³-hybridized carbons (Fsp3) is 0.333. The summed E-state index contributed by atoms with van der Waals surface area (Å²) in [6, 6.07) is 11.4. The average molecular weight is 496 g/mol. The summed E-state index contributed by atoms with van der Waals surface area (Å²) in [5, 5.41) is 6.77. The normalized spacial score (nSPS) is 11.8. The predicted octanol–water partition coefficient (Wildman–Crippen LogP) is 5.64. The molecule has 0 unspecified atom stereocenters. The van der Waals surface area contributed by atoms with Gasteiger partial charge in [0.1, 0.15) is 11.5 Å². The zero-order chi connectivity index (χ0) is 25.2. The number of rotatable bonds is 12. The van der Waals surface area contributed by atoms with Gasteiger partial charge in [-0.3, -0.25) is 4.99 Å². The van der Waals surface area contributed by atoms with Crippen molar-refractivity contribution in [3.05, 3.63) is 64.8 Å². The van der Waals surface area contributed by atoms with Crippen molar-refractivity contribution in [2.24, 2.45) is 16.0 Å². The van der Waals surface area contributed by atoms with E-state index in [1.54, 1.807) is 38.3 Å². The molecule has 3 aromatic rings. The molecule has 2 aromatic carbocycles. The first-order valence-electron chi connectivity index (χ1n) is 11.4. The van der Waals surface area contributed by atoms with E-state index in [9.17, 15) is 0 Å². The van der Waals surface area contributed by atoms with Crippen LogP contribution in [0.3, 0.4) is 0 Å². The summed E-state index contributed by atoms with van der Waals surface area (Å²) >= 11 is 1.49. The SMILES string of the molecule is C=CCN=c1scc(-c2cc(OC)ccc2OC)n1N=Cc1ccc(OCCC(C)C)c(OC)c1. The molecule has 0 aliphatic rings. The van der Waals surface area contributed by atoms with Gasteiger partial charge in [0.25, 0.3) is 0 Å². The maximum Gasteiger partial charge on any atom is 0.206 e. The van der Waals surface area contributed by atoms with Gasteiger partial charge in [-0.25, -0.2) is 4.68 Å². The number of thiazole rings is 1. The second-order valence-electron chi connectivity index (χ2n) is 8.10. The number of ether oxygens (including phenoxy) is 4. The molecule has 0 radical (unpaired) electrons. The number of nitrogens with zero attached hydrogens (tertiary/aromatic N) is 3. The molecule has 35 heavy (non-hydrogen) atoms. The minimum absolute atomic E-state index is 0.487. The van der Waals surface area contributed by atoms with Gasteiger partial charge in [-0.2, -0.15) is 5.10 Å². The van der Waals surface area contributed by atoms with Crippen molar-refractivity contribution in [1.29, 1.82) is 0 Å². The summed E-state index contributed by atoms with van der Waals surface area (Å²) in [6.45, 7) is 9.25. The topological polar surface area (TPSA) is 66.6 Å². The van der Waals surface area contributed by atoms with E-state index in [1.807, 2.05) is 41.8 Å². The van der Waals surface area contributed by atoms with Crippen LogP contribution >= 0.6 is 11.3 Å². The minimum Gasteiger partial charge on any atom is -0.497 e. The lowest BCUT2D eigenvalue weighted by Gasteiger charge is -2.12. The first-order valence-corrected chi connectivity index (χ1v) is 12.3. The van der Waals surface area contributed by atoms with E-state index in [-0.39, 0.29) is 0 Å². The second kappa shape index (κ2) is 12.8. The predicted molar refractivity (Wildman–Crippen MR) is 142 cm³/mol. The molecular weight excluding hydrogens is 462 g/mol. The number of hydrogen-bond donors (Lipinski definition) is 0. The summed E-state index contributed by atoms with van der Waals surface area (Å²) in [7, 11) is 4.92. The molecule has 0 saturated heterocycles. The zero-order valence-electron chi connectivity index (χ0n) is 21.0. The van der Waals surface area contributed by atoms with E-state index >= 15 is 0 Å². The van der Waals surface area contributed by atoms with Gasteiger partial charge in [0.15, 0.2) is 11.5 Å². The summed E-state index contributed by atoms with van der Waals surface area (Å²) in [6.07, 6.45) is 4.51. The molecule has 1 aromatic heterocycles. The molecule has 3 rings (SSSR count). The Bertz CT molecular complexity index is 1230. The Morgan fingerprint density at radius 3 is 2.46 bits per heavy atom. The Morgan fingerprint density at radius 2 is 1.77 bits per heavy atom. The third-order valence-corrected chi connectivity index (χ3v) is 6.04. The van der Waals surface area contributed by atoms with Crippen molar-refractivity contribution in [1.82, 2.24) is 4.68 Å². The Labute approximate surface area is 211 Å². The van der Waals surface area contributed by atoms with Crippen LogP contribution in [0.2, 0.25) is 0 Å². The molecule has 1 heterocycles. The minimum atomic E-state index is 0.487. The summed E-state index contributed by atoms with van der Waals surface area (Å²) in [5.41, 5.74) is 2.56. The van der Waals surface area contributed by atoms with Gasteiger partial charge in [0.05, 0.1) is 46.4 Å². The molecule has 0 aliphatic carbocycles. The standard InChI is InChI=1S/C27H33N3O4S/c1-7-13-28-27-30(23(18-35-27)22-16-21(31-4)9-11-24(22)32-5)29-17-20-8-10-25(26(15-20)33-6)34-14-12-19(2)3/h7-11,15-19H,1,12-14H2,2-6H3. The van der Waals surface area contributed by atoms with Crippen LogP contribution in [-0.2, 0) is 0 Å². The van der Waals surface area contributed by atoms with Crippen LogP contribution in [0.15, 0.2) is 64.5 Å². The van der Waals surface area contributed by atoms with Crippen molar-refractivity contribution in [2.45, 2.75) is 20.3 Å². The van der Waals surface area contributed by atoms with Crippen LogP contribution in [0.5, 0.6) is 23.0 Å². The van der Waals surface area contributed by atoms with Gasteiger partial charge in [-0.1, -0.05) is 19.9 Å². The van der Waals surface area contributed by atoms with Crippen LogP contribution in [0.25, 0.3) is 11.3 Å². The van der Waals surface area contributed by atoms with Gasteiger partial charge >= 0.3 is 0 Å². The van der Waals surface area contributed by atoms with Crippen molar-refractivity contribution in [3.8, 4) is 34.3 Å². The molecular formula is C27H33N3O4S. The fourth-order valence-corrected chi connectivity index (χ4v) is 4.11. The molecule has 0 bridgehead atoms. The van der Waals surface area contributed by atoms with Gasteiger partial charge in [-0.05, 0) is 54.3 Å². The molecule has 0 aliphatic heterocycles. The van der Waals surface area contributed by atoms with E-state index in [0.29, 0.717) is 30.6 Å². The fourth-order valence-electron chi connectivity index (χ4n) is 3.27. The summed E-state index contributed by atoms with van der Waals surface area (Å²) in [5.74, 6) is 3.40. The monoisotopic (exact) mass is 495 g/mol. The van der Waals surface area contributed by atoms with E-state index in [2.05, 4.69) is 25.4 Å². The lowest BCUT2D eigenvalue weighted by molar-refractivity contribution is 0.273. The molecule has 0 amide bonds. The van der Waals surface area contributed by atoms with Crippen LogP contribution in [0.4, 0.5) is 0 Å². The average Bonchev–Trinajstić information content (AvgIpc) is 3.28. The molecule has 0 saturated carbocycles. The number of benzene rings is 2. The highest BCUT2D eigenvalue weighted by Crippen LogP contribution is 2.34. The Kier molecular flexibility index (Phi) is 9.55. The Balaban J connectivity index is 2.00. The van der Waals surface area contributed by atoms with Crippen LogP contribution in [0.1, 0.15) is 25.8 Å². The van der Waals surface area contributed by atoms with Crippen LogP contribution in [0, 0.1) is 5.92 Å². The third-order valence-electron chi connectivity index (χ3n) is 5.19.